The summed E-state index contributed by atoms with van der Waals surface area (Å²) in [4.78, 5) is 0.140. The summed E-state index contributed by atoms with van der Waals surface area (Å²) >= 11 is 6.62. The molecule has 0 aliphatic heterocycles. The number of rotatable bonds is 4. The van der Waals surface area contributed by atoms with Crippen LogP contribution < -0.4 is 4.72 Å². The molecule has 0 amide bonds. The Morgan fingerprint density at radius 2 is 1.71 bits per heavy atom. The van der Waals surface area contributed by atoms with Gasteiger partial charge in [-0.3, -0.25) is 4.72 Å². The van der Waals surface area contributed by atoms with Crippen LogP contribution in [0.15, 0.2) is 56.3 Å². The molecule has 2 aromatic carbocycles. The van der Waals surface area contributed by atoms with E-state index < -0.39 is 16.1 Å². The molecular formula is C14H13Br2NO3S. The fraction of sp³-hybridized carbons (Fsp3) is 0.143. The van der Waals surface area contributed by atoms with Gasteiger partial charge in [0, 0.05) is 8.95 Å². The number of sulfonamides is 1. The standard InChI is InChI=1S/C14H13Br2NO3S/c1-9(18)10-2-5-12(6-3-10)21(19,20)17-14-7-4-11(15)8-13(14)16/h2-9,17-18H,1H3. The summed E-state index contributed by atoms with van der Waals surface area (Å²) in [5.41, 5.74) is 1.12. The van der Waals surface area contributed by atoms with E-state index >= 15 is 0 Å². The zero-order chi connectivity index (χ0) is 15.6. The van der Waals surface area contributed by atoms with Gasteiger partial charge in [-0.2, -0.15) is 0 Å². The van der Waals surface area contributed by atoms with E-state index in [4.69, 9.17) is 0 Å². The van der Waals surface area contributed by atoms with Crippen molar-refractivity contribution in [1.29, 1.82) is 0 Å². The van der Waals surface area contributed by atoms with Crippen molar-refractivity contribution >= 4 is 47.6 Å². The third kappa shape index (κ3) is 4.06. The van der Waals surface area contributed by atoms with E-state index in [-0.39, 0.29) is 4.90 Å². The van der Waals surface area contributed by atoms with Crippen molar-refractivity contribution in [1.82, 2.24) is 0 Å². The minimum Gasteiger partial charge on any atom is -0.389 e. The molecule has 0 heterocycles. The van der Waals surface area contributed by atoms with E-state index in [1.165, 1.54) is 12.1 Å². The van der Waals surface area contributed by atoms with Gasteiger partial charge >= 0.3 is 0 Å². The van der Waals surface area contributed by atoms with Crippen LogP contribution in [0.5, 0.6) is 0 Å². The van der Waals surface area contributed by atoms with Crippen molar-refractivity contribution in [3.05, 3.63) is 57.0 Å². The Morgan fingerprint density at radius 1 is 1.10 bits per heavy atom. The monoisotopic (exact) mass is 433 g/mol. The minimum atomic E-state index is -3.67. The first-order valence-electron chi connectivity index (χ1n) is 6.05. The SMILES string of the molecule is CC(O)c1ccc(S(=O)(=O)Nc2ccc(Br)cc2Br)cc1. The van der Waals surface area contributed by atoms with E-state index in [1.807, 2.05) is 0 Å². The Bertz CT molecular complexity index is 743. The topological polar surface area (TPSA) is 66.4 Å². The molecule has 0 saturated carbocycles. The van der Waals surface area contributed by atoms with Crippen molar-refractivity contribution < 1.29 is 13.5 Å². The lowest BCUT2D eigenvalue weighted by molar-refractivity contribution is 0.199. The Kier molecular flexibility index (Phi) is 5.08. The zero-order valence-electron chi connectivity index (χ0n) is 11.0. The molecule has 4 nitrogen and oxygen atoms in total. The van der Waals surface area contributed by atoms with E-state index in [9.17, 15) is 13.5 Å². The highest BCUT2D eigenvalue weighted by molar-refractivity contribution is 9.11. The van der Waals surface area contributed by atoms with Crippen LogP contribution >= 0.6 is 31.9 Å². The first-order chi connectivity index (χ1) is 9.79. The number of nitrogens with one attached hydrogen (secondary N) is 1. The Balaban J connectivity index is 2.29. The Labute approximate surface area is 140 Å². The molecule has 0 spiro atoms. The summed E-state index contributed by atoms with van der Waals surface area (Å²) in [7, 11) is -3.67. The number of hydrogen-bond donors (Lipinski definition) is 2. The van der Waals surface area contributed by atoms with Gasteiger partial charge in [0.25, 0.3) is 10.0 Å². The highest BCUT2D eigenvalue weighted by Crippen LogP contribution is 2.28. The fourth-order valence-corrected chi connectivity index (χ4v) is 4.06. The van der Waals surface area contributed by atoms with Crippen LogP contribution in [0.25, 0.3) is 0 Å². The number of aliphatic hydroxyl groups is 1. The number of halogens is 2. The molecule has 0 bridgehead atoms. The largest absolute Gasteiger partial charge is 0.389 e. The van der Waals surface area contributed by atoms with E-state index in [0.29, 0.717) is 15.7 Å². The lowest BCUT2D eigenvalue weighted by atomic mass is 10.1. The second-order valence-electron chi connectivity index (χ2n) is 4.47. The molecule has 21 heavy (non-hydrogen) atoms. The predicted octanol–water partition coefficient (Wildman–Crippen LogP) is 4.07. The van der Waals surface area contributed by atoms with Gasteiger partial charge < -0.3 is 5.11 Å². The summed E-state index contributed by atoms with van der Waals surface area (Å²) in [6.07, 6.45) is -0.629. The highest BCUT2D eigenvalue weighted by atomic mass is 79.9. The quantitative estimate of drug-likeness (QED) is 0.762. The van der Waals surface area contributed by atoms with Gasteiger partial charge in [0.2, 0.25) is 0 Å². The maximum absolute atomic E-state index is 12.3. The van der Waals surface area contributed by atoms with Crippen molar-refractivity contribution in [3.63, 3.8) is 0 Å². The summed E-state index contributed by atoms with van der Waals surface area (Å²) in [6.45, 7) is 1.63. The van der Waals surface area contributed by atoms with Crippen LogP contribution in [-0.4, -0.2) is 13.5 Å². The normalized spacial score (nSPS) is 13.0. The molecule has 7 heteroatoms. The molecule has 2 aromatic rings. The van der Waals surface area contributed by atoms with Crippen LogP contribution in [0.4, 0.5) is 5.69 Å². The van der Waals surface area contributed by atoms with Crippen molar-refractivity contribution in [2.24, 2.45) is 0 Å². The Hall–Kier alpha value is -0.890. The number of anilines is 1. The first kappa shape index (κ1) is 16.5. The van der Waals surface area contributed by atoms with Gasteiger partial charge in [-0.05, 0) is 58.7 Å². The van der Waals surface area contributed by atoms with Crippen molar-refractivity contribution in [2.75, 3.05) is 4.72 Å². The third-order valence-electron chi connectivity index (χ3n) is 2.85. The van der Waals surface area contributed by atoms with Gasteiger partial charge in [0.1, 0.15) is 0 Å². The molecule has 0 saturated heterocycles. The summed E-state index contributed by atoms with van der Waals surface area (Å²) < 4.78 is 28.6. The van der Waals surface area contributed by atoms with Crippen molar-refractivity contribution in [3.8, 4) is 0 Å². The predicted molar refractivity (Wildman–Crippen MR) is 89.7 cm³/mol. The van der Waals surface area contributed by atoms with Gasteiger partial charge in [-0.1, -0.05) is 28.1 Å². The molecule has 2 rings (SSSR count). The molecule has 0 aliphatic carbocycles. The van der Waals surface area contributed by atoms with E-state index in [2.05, 4.69) is 36.6 Å². The molecule has 2 N–H and O–H groups in total. The molecular weight excluding hydrogens is 422 g/mol. The summed E-state index contributed by atoms with van der Waals surface area (Å²) in [6, 6.07) is 11.3. The average Bonchev–Trinajstić information content (AvgIpc) is 2.42. The van der Waals surface area contributed by atoms with Gasteiger partial charge in [-0.15, -0.1) is 0 Å². The molecule has 0 aromatic heterocycles. The summed E-state index contributed by atoms with van der Waals surface area (Å²) in [5, 5.41) is 9.44. The van der Waals surface area contributed by atoms with Crippen molar-refractivity contribution in [2.45, 2.75) is 17.9 Å². The molecule has 0 fully saturated rings. The number of hydrogen-bond acceptors (Lipinski definition) is 3. The second-order valence-corrected chi connectivity index (χ2v) is 7.93. The van der Waals surface area contributed by atoms with Crippen LogP contribution in [0.1, 0.15) is 18.6 Å². The molecule has 0 radical (unpaired) electrons. The van der Waals surface area contributed by atoms with Crippen LogP contribution in [0, 0.1) is 0 Å². The van der Waals surface area contributed by atoms with Crippen LogP contribution in [0.2, 0.25) is 0 Å². The zero-order valence-corrected chi connectivity index (χ0v) is 15.0. The number of aliphatic hydroxyl groups excluding tert-OH is 1. The number of benzene rings is 2. The summed E-state index contributed by atoms with van der Waals surface area (Å²) in [5.74, 6) is 0. The van der Waals surface area contributed by atoms with Crippen LogP contribution in [-0.2, 0) is 10.0 Å². The molecule has 112 valence electrons. The fourth-order valence-electron chi connectivity index (χ4n) is 1.70. The van der Waals surface area contributed by atoms with Crippen LogP contribution in [0.3, 0.4) is 0 Å². The third-order valence-corrected chi connectivity index (χ3v) is 5.38. The van der Waals surface area contributed by atoms with Gasteiger partial charge in [-0.25, -0.2) is 8.42 Å². The van der Waals surface area contributed by atoms with E-state index in [1.54, 1.807) is 37.3 Å². The average molecular weight is 435 g/mol. The molecule has 1 atom stereocenters. The molecule has 1 unspecified atom stereocenters. The highest BCUT2D eigenvalue weighted by Gasteiger charge is 2.16. The second kappa shape index (κ2) is 6.48. The molecule has 0 aliphatic rings. The Morgan fingerprint density at radius 3 is 2.24 bits per heavy atom. The van der Waals surface area contributed by atoms with E-state index in [0.717, 1.165) is 4.47 Å². The van der Waals surface area contributed by atoms with Gasteiger partial charge in [0.15, 0.2) is 0 Å². The maximum Gasteiger partial charge on any atom is 0.261 e. The lowest BCUT2D eigenvalue weighted by Gasteiger charge is -2.11. The minimum absolute atomic E-state index is 0.140. The maximum atomic E-state index is 12.3. The van der Waals surface area contributed by atoms with Gasteiger partial charge in [0.05, 0.1) is 16.7 Å². The smallest absolute Gasteiger partial charge is 0.261 e. The first-order valence-corrected chi connectivity index (χ1v) is 9.12. The lowest BCUT2D eigenvalue weighted by Crippen LogP contribution is -2.13.